The van der Waals surface area contributed by atoms with E-state index in [4.69, 9.17) is 23.7 Å². The Balaban J connectivity index is 2.01. The van der Waals surface area contributed by atoms with Gasteiger partial charge in [0.05, 0.1) is 52.4 Å². The molecule has 1 fully saturated rings. The topological polar surface area (TPSA) is 134 Å². The van der Waals surface area contributed by atoms with Gasteiger partial charge in [-0.05, 0) is 62.2 Å². The number of hydrogen-bond acceptors (Lipinski definition) is 11. The van der Waals surface area contributed by atoms with Crippen molar-refractivity contribution in [3.05, 3.63) is 63.2 Å². The highest BCUT2D eigenvalue weighted by atomic mass is 32.1. The molecule has 0 unspecified atom stereocenters. The Morgan fingerprint density at radius 1 is 1.00 bits per heavy atom. The number of carbonyl (C=O) groups is 3. The lowest BCUT2D eigenvalue weighted by Crippen LogP contribution is -2.29. The zero-order valence-corrected chi connectivity index (χ0v) is 24.5. The van der Waals surface area contributed by atoms with Crippen molar-refractivity contribution in [1.82, 2.24) is 4.98 Å². The first-order valence-corrected chi connectivity index (χ1v) is 13.3. The van der Waals surface area contributed by atoms with Gasteiger partial charge < -0.3 is 28.8 Å². The number of nitrogens with zero attached hydrogens (tertiary/aromatic N) is 2. The monoisotopic (exact) mass is 582 g/mol. The maximum Gasteiger partial charge on any atom is 0.350 e. The van der Waals surface area contributed by atoms with E-state index in [0.29, 0.717) is 33.9 Å². The lowest BCUT2D eigenvalue weighted by Gasteiger charge is -2.24. The van der Waals surface area contributed by atoms with Gasteiger partial charge in [-0.25, -0.2) is 9.78 Å². The van der Waals surface area contributed by atoms with Gasteiger partial charge in [-0.3, -0.25) is 14.5 Å². The van der Waals surface area contributed by atoms with Crippen LogP contribution in [0.4, 0.5) is 5.13 Å². The number of benzene rings is 2. The predicted molar refractivity (Wildman–Crippen MR) is 151 cm³/mol. The summed E-state index contributed by atoms with van der Waals surface area (Å²) in [6, 6.07) is 6.97. The van der Waals surface area contributed by atoms with Crippen LogP contribution in [0, 0.1) is 13.8 Å². The van der Waals surface area contributed by atoms with E-state index in [2.05, 4.69) is 4.98 Å². The normalized spacial score (nSPS) is 16.1. The summed E-state index contributed by atoms with van der Waals surface area (Å²) in [6.07, 6.45) is 0. The number of anilines is 1. The first-order chi connectivity index (χ1) is 19.6. The summed E-state index contributed by atoms with van der Waals surface area (Å²) >= 11 is 0.914. The van der Waals surface area contributed by atoms with Gasteiger partial charge in [-0.15, -0.1) is 0 Å². The van der Waals surface area contributed by atoms with Crippen molar-refractivity contribution in [3.8, 4) is 23.0 Å². The molecule has 0 radical (unpaired) electrons. The molecule has 2 heterocycles. The molecular formula is C29H30N2O9S. The van der Waals surface area contributed by atoms with Gasteiger partial charge in [0.2, 0.25) is 5.75 Å². The molecular weight excluding hydrogens is 552 g/mol. The molecule has 216 valence electrons. The summed E-state index contributed by atoms with van der Waals surface area (Å²) in [4.78, 5) is 45.6. The quantitative estimate of drug-likeness (QED) is 0.165. The van der Waals surface area contributed by atoms with Gasteiger partial charge in [0.15, 0.2) is 16.6 Å². The number of rotatable bonds is 9. The Hall–Kier alpha value is -4.58. The van der Waals surface area contributed by atoms with Crippen LogP contribution >= 0.6 is 11.3 Å². The molecule has 12 heteroatoms. The van der Waals surface area contributed by atoms with Crippen molar-refractivity contribution in [2.75, 3.05) is 39.9 Å². The largest absolute Gasteiger partial charge is 0.507 e. The Bertz CT molecular complexity index is 1530. The Kier molecular flexibility index (Phi) is 8.52. The number of ketones is 1. The first kappa shape index (κ1) is 29.4. The van der Waals surface area contributed by atoms with Crippen LogP contribution in [0.2, 0.25) is 0 Å². The number of ether oxygens (including phenoxy) is 5. The van der Waals surface area contributed by atoms with Crippen LogP contribution in [0.15, 0.2) is 35.9 Å². The van der Waals surface area contributed by atoms with E-state index in [1.807, 2.05) is 0 Å². The number of Topliss-reactive ketones (excluding diaryl/α,β-unsaturated/α-hetero) is 1. The van der Waals surface area contributed by atoms with Gasteiger partial charge in [0.1, 0.15) is 16.4 Å². The lowest BCUT2D eigenvalue weighted by molar-refractivity contribution is -0.132. The molecule has 11 nitrogen and oxygen atoms in total. The third kappa shape index (κ3) is 5.18. The highest BCUT2D eigenvalue weighted by Gasteiger charge is 2.49. The van der Waals surface area contributed by atoms with E-state index in [9.17, 15) is 19.5 Å². The molecule has 3 aromatic rings. The molecule has 4 rings (SSSR count). The van der Waals surface area contributed by atoms with Crippen molar-refractivity contribution in [1.29, 1.82) is 0 Å². The predicted octanol–water partition coefficient (Wildman–Crippen LogP) is 4.60. The fraction of sp³-hybridized carbons (Fsp3) is 0.310. The van der Waals surface area contributed by atoms with Crippen LogP contribution in [0.25, 0.3) is 5.76 Å². The van der Waals surface area contributed by atoms with Gasteiger partial charge in [0.25, 0.3) is 5.78 Å². The number of aliphatic hydroxyl groups excluding tert-OH is 1. The maximum atomic E-state index is 13.6. The molecule has 0 spiro atoms. The minimum absolute atomic E-state index is 0.0805. The Labute approximate surface area is 240 Å². The van der Waals surface area contributed by atoms with E-state index < -0.39 is 23.7 Å². The number of carbonyl (C=O) groups excluding carboxylic acids is 3. The van der Waals surface area contributed by atoms with Crippen molar-refractivity contribution < 1.29 is 43.2 Å². The minimum Gasteiger partial charge on any atom is -0.507 e. The summed E-state index contributed by atoms with van der Waals surface area (Å²) < 4.78 is 26.9. The van der Waals surface area contributed by atoms with Gasteiger partial charge in [-0.2, -0.15) is 0 Å². The molecule has 0 bridgehead atoms. The van der Waals surface area contributed by atoms with Crippen LogP contribution < -0.4 is 23.8 Å². The van der Waals surface area contributed by atoms with Crippen molar-refractivity contribution in [3.63, 3.8) is 0 Å². The maximum absolute atomic E-state index is 13.6. The summed E-state index contributed by atoms with van der Waals surface area (Å²) in [7, 11) is 5.85. The second-order valence-corrected chi connectivity index (χ2v) is 9.92. The van der Waals surface area contributed by atoms with Gasteiger partial charge >= 0.3 is 11.9 Å². The zero-order valence-electron chi connectivity index (χ0n) is 23.7. The van der Waals surface area contributed by atoms with E-state index in [1.165, 1.54) is 28.4 Å². The van der Waals surface area contributed by atoms with E-state index in [-0.39, 0.29) is 39.4 Å². The van der Waals surface area contributed by atoms with Gasteiger partial charge in [0, 0.05) is 5.56 Å². The van der Waals surface area contributed by atoms with Crippen molar-refractivity contribution in [2.24, 2.45) is 0 Å². The number of aliphatic hydroxyl groups is 1. The third-order valence-corrected chi connectivity index (χ3v) is 7.72. The van der Waals surface area contributed by atoms with Gasteiger partial charge in [-0.1, -0.05) is 11.3 Å². The molecule has 0 aliphatic carbocycles. The summed E-state index contributed by atoms with van der Waals surface area (Å²) in [6.45, 7) is 5.19. The molecule has 1 aliphatic heterocycles. The number of aromatic nitrogens is 1. The highest BCUT2D eigenvalue weighted by Crippen LogP contribution is 2.48. The number of esters is 1. The Morgan fingerprint density at radius 3 is 2.20 bits per heavy atom. The molecule has 41 heavy (non-hydrogen) atoms. The lowest BCUT2D eigenvalue weighted by atomic mass is 9.93. The number of thiazole rings is 1. The fourth-order valence-electron chi connectivity index (χ4n) is 4.65. The van der Waals surface area contributed by atoms with Crippen LogP contribution in [0.1, 0.15) is 45.0 Å². The smallest absolute Gasteiger partial charge is 0.350 e. The standard InChI is InChI=1S/C29H30N2O9S/c1-8-40-28(35)26-15(3)30-29(41-26)31-22(16-12-19(37-5)25(39-7)20(13-16)38-6)21(24(33)27(31)34)23(32)18-10-9-17(36-4)11-14(18)2/h9-13,22,32H,8H2,1-7H3/t22-/m0/s1. The Morgan fingerprint density at radius 2 is 1.66 bits per heavy atom. The average molecular weight is 583 g/mol. The first-order valence-electron chi connectivity index (χ1n) is 12.5. The van der Waals surface area contributed by atoms with E-state index in [1.54, 1.807) is 51.1 Å². The third-order valence-electron chi connectivity index (χ3n) is 6.59. The number of amides is 1. The second-order valence-electron chi connectivity index (χ2n) is 8.94. The van der Waals surface area contributed by atoms with Crippen LogP contribution in [0.3, 0.4) is 0 Å². The van der Waals surface area contributed by atoms with E-state index in [0.717, 1.165) is 16.2 Å². The molecule has 0 saturated carbocycles. The van der Waals surface area contributed by atoms with Crippen molar-refractivity contribution in [2.45, 2.75) is 26.8 Å². The van der Waals surface area contributed by atoms with Crippen LogP contribution in [0.5, 0.6) is 23.0 Å². The van der Waals surface area contributed by atoms with Crippen LogP contribution in [-0.2, 0) is 14.3 Å². The molecule has 1 N–H and O–H groups in total. The summed E-state index contributed by atoms with van der Waals surface area (Å²) in [5, 5.41) is 11.7. The van der Waals surface area contributed by atoms with Crippen LogP contribution in [-0.4, -0.2) is 62.8 Å². The number of methoxy groups -OCH3 is 4. The highest BCUT2D eigenvalue weighted by molar-refractivity contribution is 7.17. The number of hydrogen-bond donors (Lipinski definition) is 1. The fourth-order valence-corrected chi connectivity index (χ4v) is 5.64. The molecule has 1 aliphatic rings. The molecule has 1 saturated heterocycles. The second kappa shape index (κ2) is 11.9. The van der Waals surface area contributed by atoms with E-state index >= 15 is 0 Å². The summed E-state index contributed by atoms with van der Waals surface area (Å²) in [5.74, 6) is -1.43. The molecule has 2 aromatic carbocycles. The average Bonchev–Trinajstić information content (AvgIpc) is 3.47. The van der Waals surface area contributed by atoms with Crippen molar-refractivity contribution >= 4 is 39.9 Å². The minimum atomic E-state index is -1.16. The molecule has 1 atom stereocenters. The zero-order chi connectivity index (χ0) is 30.0. The SMILES string of the molecule is CCOC(=O)c1sc(N2C(=O)C(=O)C(=C(O)c3ccc(OC)cc3C)[C@@H]2c2cc(OC)c(OC)c(OC)c2)nc1C. The summed E-state index contributed by atoms with van der Waals surface area (Å²) in [5.41, 5.74) is 1.48. The number of aryl methyl sites for hydroxylation is 2. The molecule has 1 aromatic heterocycles. The molecule has 1 amide bonds.